The van der Waals surface area contributed by atoms with Gasteiger partial charge in [-0.25, -0.2) is 0 Å². The number of aryl methyl sites for hydroxylation is 3. The second-order valence-corrected chi connectivity index (χ2v) is 5.56. The van der Waals surface area contributed by atoms with Crippen LogP contribution in [0.2, 0.25) is 0 Å². The molecular weight excluding hydrogens is 242 g/mol. The second kappa shape index (κ2) is 6.71. The third-order valence-corrected chi connectivity index (χ3v) is 4.00. The van der Waals surface area contributed by atoms with Crippen molar-refractivity contribution in [2.75, 3.05) is 7.05 Å². The first kappa shape index (κ1) is 14.8. The lowest BCUT2D eigenvalue weighted by atomic mass is 9.95. The van der Waals surface area contributed by atoms with Gasteiger partial charge in [0.1, 0.15) is 0 Å². The molecule has 2 aromatic carbocycles. The zero-order valence-electron chi connectivity index (χ0n) is 13.0. The maximum absolute atomic E-state index is 3.43. The van der Waals surface area contributed by atoms with E-state index in [9.17, 15) is 0 Å². The van der Waals surface area contributed by atoms with Gasteiger partial charge in [-0.1, -0.05) is 55.8 Å². The van der Waals surface area contributed by atoms with Crippen LogP contribution in [0.15, 0.2) is 42.5 Å². The lowest BCUT2D eigenvalue weighted by molar-refractivity contribution is 0.690. The summed E-state index contributed by atoms with van der Waals surface area (Å²) >= 11 is 0. The minimum absolute atomic E-state index is 0.268. The molecule has 0 saturated carbocycles. The minimum Gasteiger partial charge on any atom is -0.309 e. The van der Waals surface area contributed by atoms with Crippen LogP contribution in [0.1, 0.15) is 47.2 Å². The van der Waals surface area contributed by atoms with Gasteiger partial charge in [0.15, 0.2) is 0 Å². The van der Waals surface area contributed by atoms with Crippen LogP contribution < -0.4 is 5.32 Å². The van der Waals surface area contributed by atoms with Crippen molar-refractivity contribution < 1.29 is 0 Å². The predicted octanol–water partition coefficient (Wildman–Crippen LogP) is 4.56. The van der Waals surface area contributed by atoms with Gasteiger partial charge in [0.25, 0.3) is 0 Å². The number of rotatable bonds is 5. The van der Waals surface area contributed by atoms with E-state index in [0.29, 0.717) is 0 Å². The molecular formula is C19H25N. The summed E-state index contributed by atoms with van der Waals surface area (Å²) in [6.45, 7) is 6.56. The number of hydrogen-bond acceptors (Lipinski definition) is 1. The van der Waals surface area contributed by atoms with Gasteiger partial charge in [0, 0.05) is 0 Å². The van der Waals surface area contributed by atoms with E-state index in [4.69, 9.17) is 0 Å². The van der Waals surface area contributed by atoms with E-state index in [2.05, 4.69) is 68.6 Å². The molecule has 2 rings (SSSR count). The van der Waals surface area contributed by atoms with E-state index in [0.717, 1.165) is 6.42 Å². The Bertz CT molecular complexity index is 554. The van der Waals surface area contributed by atoms with Gasteiger partial charge in [-0.15, -0.1) is 0 Å². The summed E-state index contributed by atoms with van der Waals surface area (Å²) < 4.78 is 0. The summed E-state index contributed by atoms with van der Waals surface area (Å²) in [6, 6.07) is 16.0. The highest BCUT2D eigenvalue weighted by molar-refractivity contribution is 5.38. The van der Waals surface area contributed by atoms with Crippen molar-refractivity contribution in [1.82, 2.24) is 5.32 Å². The first-order valence-electron chi connectivity index (χ1n) is 7.49. The Morgan fingerprint density at radius 1 is 0.900 bits per heavy atom. The molecule has 0 aliphatic rings. The number of hydrogen-bond donors (Lipinski definition) is 1. The Labute approximate surface area is 123 Å². The Morgan fingerprint density at radius 3 is 2.10 bits per heavy atom. The van der Waals surface area contributed by atoms with Crippen LogP contribution in [-0.4, -0.2) is 7.05 Å². The van der Waals surface area contributed by atoms with E-state index in [-0.39, 0.29) is 6.04 Å². The van der Waals surface area contributed by atoms with Crippen molar-refractivity contribution in [1.29, 1.82) is 0 Å². The summed E-state index contributed by atoms with van der Waals surface area (Å²) in [5, 5.41) is 3.43. The molecule has 0 amide bonds. The molecule has 106 valence electrons. The molecule has 0 saturated heterocycles. The summed E-state index contributed by atoms with van der Waals surface area (Å²) in [5.41, 5.74) is 6.79. The molecule has 0 aliphatic heterocycles. The smallest absolute Gasteiger partial charge is 0.0574 e. The van der Waals surface area contributed by atoms with E-state index >= 15 is 0 Å². The Balaban J connectivity index is 2.29. The highest BCUT2D eigenvalue weighted by Gasteiger charge is 2.12. The highest BCUT2D eigenvalue weighted by Crippen LogP contribution is 2.24. The summed E-state index contributed by atoms with van der Waals surface area (Å²) in [7, 11) is 2.03. The third kappa shape index (κ3) is 3.29. The van der Waals surface area contributed by atoms with Crippen LogP contribution in [0.25, 0.3) is 0 Å². The topological polar surface area (TPSA) is 12.0 Å². The Kier molecular flexibility index (Phi) is 4.97. The van der Waals surface area contributed by atoms with E-state index < -0.39 is 0 Å². The zero-order valence-corrected chi connectivity index (χ0v) is 13.0. The highest BCUT2D eigenvalue weighted by atomic mass is 14.9. The fourth-order valence-electron chi connectivity index (χ4n) is 2.64. The van der Waals surface area contributed by atoms with Crippen molar-refractivity contribution >= 4 is 0 Å². The molecule has 0 radical (unpaired) electrons. The number of benzene rings is 2. The van der Waals surface area contributed by atoms with Crippen molar-refractivity contribution in [3.8, 4) is 0 Å². The monoisotopic (exact) mass is 267 g/mol. The zero-order chi connectivity index (χ0) is 14.5. The normalized spacial score (nSPS) is 12.4. The maximum Gasteiger partial charge on any atom is 0.0574 e. The van der Waals surface area contributed by atoms with E-state index in [1.54, 1.807) is 0 Å². The van der Waals surface area contributed by atoms with Crippen LogP contribution in [0.5, 0.6) is 0 Å². The quantitative estimate of drug-likeness (QED) is 0.837. The molecule has 1 heteroatoms. The molecule has 1 N–H and O–H groups in total. The third-order valence-electron chi connectivity index (χ3n) is 4.00. The van der Waals surface area contributed by atoms with Gasteiger partial charge >= 0.3 is 0 Å². The molecule has 1 nitrogen and oxygen atoms in total. The van der Waals surface area contributed by atoms with Crippen molar-refractivity contribution in [3.05, 3.63) is 70.3 Å². The molecule has 0 heterocycles. The van der Waals surface area contributed by atoms with Gasteiger partial charge < -0.3 is 5.32 Å². The van der Waals surface area contributed by atoms with Crippen LogP contribution in [0.4, 0.5) is 0 Å². The predicted molar refractivity (Wildman–Crippen MR) is 87.3 cm³/mol. The molecule has 0 bridgehead atoms. The van der Waals surface area contributed by atoms with Gasteiger partial charge in [-0.3, -0.25) is 0 Å². The summed E-state index contributed by atoms with van der Waals surface area (Å²) in [6.07, 6.45) is 2.36. The van der Waals surface area contributed by atoms with Crippen molar-refractivity contribution in [2.45, 2.75) is 39.7 Å². The van der Waals surface area contributed by atoms with Gasteiger partial charge in [-0.05, 0) is 55.1 Å². The Hall–Kier alpha value is -1.60. The second-order valence-electron chi connectivity index (χ2n) is 5.56. The van der Waals surface area contributed by atoms with Gasteiger partial charge in [0.05, 0.1) is 6.04 Å². The SMILES string of the molecule is CCCc1ccc(C(NC)c2ccc(C)c(C)c2)cc1. The molecule has 0 aromatic heterocycles. The molecule has 1 atom stereocenters. The molecule has 0 aliphatic carbocycles. The average Bonchev–Trinajstić information content (AvgIpc) is 2.46. The fourth-order valence-corrected chi connectivity index (χ4v) is 2.64. The maximum atomic E-state index is 3.43. The van der Waals surface area contributed by atoms with Crippen LogP contribution >= 0.6 is 0 Å². The lowest BCUT2D eigenvalue weighted by Gasteiger charge is -2.19. The van der Waals surface area contributed by atoms with Crippen molar-refractivity contribution in [3.63, 3.8) is 0 Å². The molecule has 0 spiro atoms. The van der Waals surface area contributed by atoms with Crippen LogP contribution in [0.3, 0.4) is 0 Å². The van der Waals surface area contributed by atoms with Crippen LogP contribution in [-0.2, 0) is 6.42 Å². The molecule has 20 heavy (non-hydrogen) atoms. The van der Waals surface area contributed by atoms with E-state index in [1.807, 2.05) is 7.05 Å². The molecule has 1 unspecified atom stereocenters. The average molecular weight is 267 g/mol. The molecule has 0 fully saturated rings. The van der Waals surface area contributed by atoms with E-state index in [1.165, 1.54) is 34.2 Å². The first-order chi connectivity index (χ1) is 9.65. The first-order valence-corrected chi connectivity index (χ1v) is 7.49. The minimum atomic E-state index is 0.268. The standard InChI is InChI=1S/C19H25N/c1-5-6-16-8-11-17(12-9-16)19(20-4)18-10-7-14(2)15(3)13-18/h7-13,19-20H,5-6H2,1-4H3. The largest absolute Gasteiger partial charge is 0.309 e. The summed E-state index contributed by atoms with van der Waals surface area (Å²) in [5.74, 6) is 0. The van der Waals surface area contributed by atoms with Crippen LogP contribution in [0, 0.1) is 13.8 Å². The van der Waals surface area contributed by atoms with Gasteiger partial charge in [-0.2, -0.15) is 0 Å². The fraction of sp³-hybridized carbons (Fsp3) is 0.368. The Morgan fingerprint density at radius 2 is 1.55 bits per heavy atom. The lowest BCUT2D eigenvalue weighted by Crippen LogP contribution is -2.17. The van der Waals surface area contributed by atoms with Crippen molar-refractivity contribution in [2.24, 2.45) is 0 Å². The van der Waals surface area contributed by atoms with Gasteiger partial charge in [0.2, 0.25) is 0 Å². The molecule has 2 aromatic rings. The summed E-state index contributed by atoms with van der Waals surface area (Å²) in [4.78, 5) is 0. The number of nitrogens with one attached hydrogen (secondary N) is 1.